The van der Waals surface area contributed by atoms with Crippen molar-refractivity contribution >= 4 is 28.1 Å². The lowest BCUT2D eigenvalue weighted by Gasteiger charge is -2.27. The Labute approximate surface area is 250 Å². The van der Waals surface area contributed by atoms with Crippen LogP contribution in [0.5, 0.6) is 0 Å². The molecule has 0 spiro atoms. The molecule has 0 bridgehead atoms. The number of anilines is 2. The van der Waals surface area contributed by atoms with E-state index < -0.39 is 6.04 Å². The molecule has 0 saturated heterocycles. The average molecular weight is 580 g/mol. The Morgan fingerprint density at radius 2 is 1.88 bits per heavy atom. The quantitative estimate of drug-likeness (QED) is 0.167. The van der Waals surface area contributed by atoms with E-state index in [2.05, 4.69) is 15.5 Å². The monoisotopic (exact) mass is 579 g/mol. The van der Waals surface area contributed by atoms with E-state index >= 15 is 0 Å². The average Bonchev–Trinajstić information content (AvgIpc) is 3.32. The van der Waals surface area contributed by atoms with Gasteiger partial charge in [-0.25, -0.2) is 0 Å². The van der Waals surface area contributed by atoms with E-state index in [0.717, 1.165) is 44.5 Å². The molecule has 222 valence electrons. The number of pyridine rings is 1. The fourth-order valence-corrected chi connectivity index (χ4v) is 5.67. The number of aliphatic hydroxyl groups excluding tert-OH is 1. The molecule has 43 heavy (non-hydrogen) atoms. The zero-order valence-electron chi connectivity index (χ0n) is 25.1. The molecule has 0 radical (unpaired) electrons. The number of aromatic amines is 1. The van der Waals surface area contributed by atoms with E-state index in [0.29, 0.717) is 22.5 Å². The number of aromatic nitrogens is 2. The number of hydrogen-bond acceptors (Lipinski definition) is 7. The van der Waals surface area contributed by atoms with Gasteiger partial charge in [0.25, 0.3) is 5.56 Å². The minimum absolute atomic E-state index is 0.0302. The second kappa shape index (κ2) is 12.1. The number of rotatable bonds is 9. The van der Waals surface area contributed by atoms with Gasteiger partial charge in [-0.1, -0.05) is 42.4 Å². The van der Waals surface area contributed by atoms with Gasteiger partial charge in [0.15, 0.2) is 0 Å². The number of amides is 1. The van der Waals surface area contributed by atoms with Gasteiger partial charge in [-0.15, -0.1) is 0 Å². The van der Waals surface area contributed by atoms with Crippen LogP contribution in [-0.4, -0.2) is 39.7 Å². The minimum Gasteiger partial charge on any atom is -0.399 e. The van der Waals surface area contributed by atoms with Crippen LogP contribution in [0.1, 0.15) is 52.6 Å². The van der Waals surface area contributed by atoms with Crippen LogP contribution in [0.4, 0.5) is 11.4 Å². The Hall–Kier alpha value is -4.89. The van der Waals surface area contributed by atoms with Crippen LogP contribution in [0.2, 0.25) is 0 Å². The Balaban J connectivity index is 1.53. The Bertz CT molecular complexity index is 1840. The number of hydrogen-bond donors (Lipinski definition) is 4. The van der Waals surface area contributed by atoms with E-state index in [4.69, 9.17) is 10.3 Å². The molecule has 0 saturated carbocycles. The van der Waals surface area contributed by atoms with Gasteiger partial charge >= 0.3 is 0 Å². The molecule has 0 fully saturated rings. The smallest absolute Gasteiger partial charge is 0.255 e. The summed E-state index contributed by atoms with van der Waals surface area (Å²) >= 11 is 0. The van der Waals surface area contributed by atoms with Crippen molar-refractivity contribution in [2.75, 3.05) is 24.7 Å². The Kier molecular flexibility index (Phi) is 8.36. The third-order valence-corrected chi connectivity index (χ3v) is 7.98. The largest absolute Gasteiger partial charge is 0.399 e. The van der Waals surface area contributed by atoms with Crippen LogP contribution in [0.25, 0.3) is 21.9 Å². The fourth-order valence-electron chi connectivity index (χ4n) is 5.67. The second-order valence-electron chi connectivity index (χ2n) is 11.2. The van der Waals surface area contributed by atoms with Gasteiger partial charge in [-0.2, -0.15) is 0 Å². The third kappa shape index (κ3) is 6.03. The Morgan fingerprint density at radius 1 is 1.09 bits per heavy atom. The lowest BCUT2D eigenvalue weighted by molar-refractivity contribution is -0.131. The number of carbonyl (C=O) groups excluding carboxylic acids is 1. The van der Waals surface area contributed by atoms with Gasteiger partial charge in [-0.3, -0.25) is 9.59 Å². The molecule has 2 heterocycles. The number of aryl methyl sites for hydroxylation is 3. The van der Waals surface area contributed by atoms with Crippen LogP contribution < -0.4 is 16.6 Å². The highest BCUT2D eigenvalue weighted by Gasteiger charge is 2.27. The summed E-state index contributed by atoms with van der Waals surface area (Å²) in [4.78, 5) is 31.2. The highest BCUT2D eigenvalue weighted by atomic mass is 16.5. The highest BCUT2D eigenvalue weighted by Crippen LogP contribution is 2.33. The molecule has 5 rings (SSSR count). The van der Waals surface area contributed by atoms with Crippen LogP contribution in [0.3, 0.4) is 0 Å². The standard InChI is InChI=1S/C34H37N5O4/c1-19-14-24(7-10-28(19)20(2)18-40)32(37-27-9-6-23-12-13-36-33(41)30(23)16-27)34(42)39(5)17-25-15-26(35)8-11-29(25)31-21(3)38-43-22(31)4/h6-16,20,32,37,40H,17-18,35H2,1-5H3,(H,36,41)/t20-,32?/m0/s1. The van der Waals surface area contributed by atoms with E-state index in [-0.39, 0.29) is 30.5 Å². The predicted octanol–water partition coefficient (Wildman–Crippen LogP) is 5.60. The SMILES string of the molecule is Cc1cc(C(Nc2ccc3cc[nH]c(=O)c3c2)C(=O)N(C)Cc2cc(N)ccc2-c2c(C)noc2C)ccc1[C@@H](C)CO. The number of fused-ring (bicyclic) bond motifs is 1. The topological polar surface area (TPSA) is 137 Å². The number of aliphatic hydroxyl groups is 1. The number of H-pyrrole nitrogens is 1. The lowest BCUT2D eigenvalue weighted by atomic mass is 9.92. The van der Waals surface area contributed by atoms with Crippen molar-refractivity contribution in [3.63, 3.8) is 0 Å². The maximum atomic E-state index is 14.3. The first-order chi connectivity index (χ1) is 20.6. The first-order valence-electron chi connectivity index (χ1n) is 14.2. The maximum absolute atomic E-state index is 14.3. The molecule has 1 amide bonds. The molecule has 2 aromatic heterocycles. The summed E-state index contributed by atoms with van der Waals surface area (Å²) < 4.78 is 5.42. The number of benzene rings is 3. The van der Waals surface area contributed by atoms with Gasteiger partial charge in [0.05, 0.1) is 5.69 Å². The van der Waals surface area contributed by atoms with Crippen LogP contribution in [0.15, 0.2) is 76.2 Å². The molecule has 3 aromatic carbocycles. The number of nitrogen functional groups attached to an aromatic ring is 1. The lowest BCUT2D eigenvalue weighted by Crippen LogP contribution is -2.35. The van der Waals surface area contributed by atoms with Crippen molar-refractivity contribution in [1.29, 1.82) is 0 Å². The van der Waals surface area contributed by atoms with Crippen molar-refractivity contribution < 1.29 is 14.4 Å². The zero-order chi connectivity index (χ0) is 30.8. The Morgan fingerprint density at radius 3 is 2.58 bits per heavy atom. The fraction of sp³-hybridized carbons (Fsp3) is 0.265. The first kappa shape index (κ1) is 29.6. The number of likely N-dealkylation sites (N-methyl/N-ethyl adjacent to an activating group) is 1. The summed E-state index contributed by atoms with van der Waals surface area (Å²) in [6, 6.07) is 18.1. The zero-order valence-corrected chi connectivity index (χ0v) is 25.1. The molecule has 9 nitrogen and oxygen atoms in total. The molecule has 5 N–H and O–H groups in total. The molecule has 9 heteroatoms. The van der Waals surface area contributed by atoms with Crippen LogP contribution in [0, 0.1) is 20.8 Å². The normalized spacial score (nSPS) is 12.7. The molecular weight excluding hydrogens is 542 g/mol. The van der Waals surface area contributed by atoms with Crippen LogP contribution in [-0.2, 0) is 11.3 Å². The number of nitrogens with two attached hydrogens (primary N) is 1. The summed E-state index contributed by atoms with van der Waals surface area (Å²) in [6.45, 7) is 8.02. The van der Waals surface area contributed by atoms with Gasteiger partial charge in [0, 0.05) is 54.6 Å². The van der Waals surface area contributed by atoms with Crippen molar-refractivity contribution in [3.8, 4) is 11.1 Å². The van der Waals surface area contributed by atoms with E-state index in [9.17, 15) is 14.7 Å². The van der Waals surface area contributed by atoms with E-state index in [1.54, 1.807) is 24.2 Å². The van der Waals surface area contributed by atoms with E-state index in [1.165, 1.54) is 0 Å². The van der Waals surface area contributed by atoms with Gasteiger partial charge in [0.1, 0.15) is 11.8 Å². The second-order valence-corrected chi connectivity index (χ2v) is 11.2. The predicted molar refractivity (Wildman–Crippen MR) is 170 cm³/mol. The van der Waals surface area contributed by atoms with Crippen molar-refractivity contribution in [2.24, 2.45) is 0 Å². The molecule has 0 aliphatic rings. The number of nitrogens with zero attached hydrogens (tertiary/aromatic N) is 2. The highest BCUT2D eigenvalue weighted by molar-refractivity contribution is 5.89. The molecular formula is C34H37N5O4. The third-order valence-electron chi connectivity index (χ3n) is 7.98. The molecule has 1 unspecified atom stereocenters. The maximum Gasteiger partial charge on any atom is 0.255 e. The van der Waals surface area contributed by atoms with Gasteiger partial charge < -0.3 is 30.6 Å². The summed E-state index contributed by atoms with van der Waals surface area (Å²) in [5, 5.41) is 18.6. The molecule has 5 aromatic rings. The number of nitrogens with one attached hydrogen (secondary N) is 2. The molecule has 0 aliphatic heterocycles. The number of carbonyl (C=O) groups is 1. The molecule has 2 atom stereocenters. The van der Waals surface area contributed by atoms with E-state index in [1.807, 2.05) is 82.3 Å². The van der Waals surface area contributed by atoms with Gasteiger partial charge in [-0.05, 0) is 84.3 Å². The summed E-state index contributed by atoms with van der Waals surface area (Å²) in [7, 11) is 1.76. The minimum atomic E-state index is -0.758. The van der Waals surface area contributed by atoms with Gasteiger partial charge in [0.2, 0.25) is 5.91 Å². The summed E-state index contributed by atoms with van der Waals surface area (Å²) in [5.41, 5.74) is 13.4. The molecule has 0 aliphatic carbocycles. The first-order valence-corrected chi connectivity index (χ1v) is 14.2. The summed E-state index contributed by atoms with van der Waals surface area (Å²) in [6.07, 6.45) is 1.62. The van der Waals surface area contributed by atoms with Crippen molar-refractivity contribution in [2.45, 2.75) is 46.2 Å². The van der Waals surface area contributed by atoms with Crippen molar-refractivity contribution in [3.05, 3.63) is 111 Å². The summed E-state index contributed by atoms with van der Waals surface area (Å²) in [5.74, 6) is 0.491. The van der Waals surface area contributed by atoms with Crippen LogP contribution >= 0.6 is 0 Å². The van der Waals surface area contributed by atoms with Crippen molar-refractivity contribution in [1.82, 2.24) is 15.0 Å².